The number of alkyl halides is 2. The largest absolute Gasteiger partial charge is 0.505 e. The quantitative estimate of drug-likeness (QED) is 0.869. The average molecular weight is 260 g/mol. The van der Waals surface area contributed by atoms with Crippen LogP contribution in [0.1, 0.15) is 11.6 Å². The molecule has 0 saturated carbocycles. The van der Waals surface area contributed by atoms with Crippen LogP contribution < -0.4 is 5.32 Å². The van der Waals surface area contributed by atoms with Crippen molar-refractivity contribution in [3.8, 4) is 5.75 Å². The number of rotatable bonds is 3. The van der Waals surface area contributed by atoms with Crippen LogP contribution in [0.15, 0.2) is 18.2 Å². The average Bonchev–Trinajstić information content (AvgIpc) is 2.36. The minimum absolute atomic E-state index is 0.0492. The molecule has 0 spiro atoms. The number of piperazine rings is 1. The van der Waals surface area contributed by atoms with Gasteiger partial charge in [0.2, 0.25) is 0 Å². The molecule has 1 heterocycles. The Hall–Kier alpha value is -1.27. The molecular formula is C12H15F3N2O. The summed E-state index contributed by atoms with van der Waals surface area (Å²) in [5, 5.41) is 12.7. The zero-order valence-corrected chi connectivity index (χ0v) is 9.74. The van der Waals surface area contributed by atoms with Gasteiger partial charge in [0.05, 0.1) is 0 Å². The molecule has 0 bridgehead atoms. The van der Waals surface area contributed by atoms with Gasteiger partial charge in [-0.05, 0) is 6.07 Å². The Kier molecular flexibility index (Phi) is 4.08. The van der Waals surface area contributed by atoms with E-state index in [4.69, 9.17) is 0 Å². The number of nitrogens with one attached hydrogen (secondary N) is 1. The van der Waals surface area contributed by atoms with E-state index in [1.54, 1.807) is 4.90 Å². The molecule has 0 aliphatic carbocycles. The Balaban J connectivity index is 2.31. The second kappa shape index (κ2) is 5.58. The van der Waals surface area contributed by atoms with E-state index in [1.807, 2.05) is 0 Å². The Labute approximate surface area is 103 Å². The Bertz CT molecular complexity index is 408. The minimum Gasteiger partial charge on any atom is -0.505 e. The molecule has 0 unspecified atom stereocenters. The summed E-state index contributed by atoms with van der Waals surface area (Å²) in [6, 6.07) is 2.47. The van der Waals surface area contributed by atoms with Crippen LogP contribution in [-0.2, 0) is 0 Å². The van der Waals surface area contributed by atoms with Crippen molar-refractivity contribution in [2.24, 2.45) is 0 Å². The third-order valence-electron chi connectivity index (χ3n) is 3.12. The van der Waals surface area contributed by atoms with Gasteiger partial charge in [-0.3, -0.25) is 4.90 Å². The predicted octanol–water partition coefficient (Wildman–Crippen LogP) is 1.74. The van der Waals surface area contributed by atoms with Crippen molar-refractivity contribution in [2.45, 2.75) is 12.5 Å². The normalized spacial score (nSPS) is 19.1. The second-order valence-electron chi connectivity index (χ2n) is 4.24. The highest BCUT2D eigenvalue weighted by molar-refractivity contribution is 5.36. The lowest BCUT2D eigenvalue weighted by Gasteiger charge is -2.34. The number of halogens is 3. The molecule has 2 N–H and O–H groups in total. The molecule has 1 aliphatic heterocycles. The van der Waals surface area contributed by atoms with E-state index < -0.39 is 24.0 Å². The fourth-order valence-corrected chi connectivity index (χ4v) is 2.22. The van der Waals surface area contributed by atoms with Gasteiger partial charge < -0.3 is 10.4 Å². The molecule has 1 aromatic rings. The molecule has 6 heteroatoms. The van der Waals surface area contributed by atoms with Gasteiger partial charge in [-0.1, -0.05) is 12.1 Å². The lowest BCUT2D eigenvalue weighted by molar-refractivity contribution is 0.0168. The Morgan fingerprint density at radius 3 is 2.50 bits per heavy atom. The van der Waals surface area contributed by atoms with Gasteiger partial charge >= 0.3 is 0 Å². The van der Waals surface area contributed by atoms with Crippen molar-refractivity contribution < 1.29 is 18.3 Å². The van der Waals surface area contributed by atoms with E-state index in [0.717, 1.165) is 6.07 Å². The summed E-state index contributed by atoms with van der Waals surface area (Å²) in [7, 11) is 0. The maximum Gasteiger partial charge on any atom is 0.258 e. The summed E-state index contributed by atoms with van der Waals surface area (Å²) in [6.45, 7) is 2.12. The van der Waals surface area contributed by atoms with E-state index in [2.05, 4.69) is 5.32 Å². The predicted molar refractivity (Wildman–Crippen MR) is 61.3 cm³/mol. The van der Waals surface area contributed by atoms with Crippen LogP contribution in [0.4, 0.5) is 13.2 Å². The minimum atomic E-state index is -2.67. The first-order chi connectivity index (χ1) is 8.61. The molecule has 2 rings (SSSR count). The molecule has 1 aliphatic rings. The van der Waals surface area contributed by atoms with Crippen LogP contribution in [0.5, 0.6) is 5.75 Å². The molecular weight excluding hydrogens is 245 g/mol. The summed E-state index contributed by atoms with van der Waals surface area (Å²) in [6.07, 6.45) is -2.67. The fourth-order valence-electron chi connectivity index (χ4n) is 2.22. The summed E-state index contributed by atoms with van der Waals surface area (Å²) in [5.41, 5.74) is -0.0492. The van der Waals surface area contributed by atoms with E-state index >= 15 is 0 Å². The summed E-state index contributed by atoms with van der Waals surface area (Å²) in [5.74, 6) is -1.55. The van der Waals surface area contributed by atoms with Gasteiger partial charge in [-0.15, -0.1) is 0 Å². The highest BCUT2D eigenvalue weighted by Crippen LogP contribution is 2.34. The van der Waals surface area contributed by atoms with Gasteiger partial charge in [0.15, 0.2) is 11.6 Å². The zero-order valence-electron chi connectivity index (χ0n) is 9.74. The number of benzene rings is 1. The summed E-state index contributed by atoms with van der Waals surface area (Å²) < 4.78 is 39.6. The molecule has 0 radical (unpaired) electrons. The second-order valence-corrected chi connectivity index (χ2v) is 4.24. The van der Waals surface area contributed by atoms with Gasteiger partial charge in [-0.2, -0.15) is 0 Å². The van der Waals surface area contributed by atoms with Crippen LogP contribution in [0.25, 0.3) is 0 Å². The molecule has 1 atom stereocenters. The Morgan fingerprint density at radius 2 is 1.89 bits per heavy atom. The van der Waals surface area contributed by atoms with Crippen LogP contribution >= 0.6 is 0 Å². The fraction of sp³-hybridized carbons (Fsp3) is 0.500. The van der Waals surface area contributed by atoms with Crippen LogP contribution in [-0.4, -0.2) is 42.6 Å². The van der Waals surface area contributed by atoms with Gasteiger partial charge in [-0.25, -0.2) is 13.2 Å². The summed E-state index contributed by atoms with van der Waals surface area (Å²) in [4.78, 5) is 1.57. The third kappa shape index (κ3) is 2.59. The molecule has 3 nitrogen and oxygen atoms in total. The van der Waals surface area contributed by atoms with E-state index in [1.165, 1.54) is 12.1 Å². The monoisotopic (exact) mass is 260 g/mol. The third-order valence-corrected chi connectivity index (χ3v) is 3.12. The topological polar surface area (TPSA) is 35.5 Å². The maximum absolute atomic E-state index is 13.2. The summed E-state index contributed by atoms with van der Waals surface area (Å²) >= 11 is 0. The van der Waals surface area contributed by atoms with Crippen LogP contribution in [0.2, 0.25) is 0 Å². The number of hydrogen-bond acceptors (Lipinski definition) is 3. The molecule has 1 fully saturated rings. The van der Waals surface area contributed by atoms with Gasteiger partial charge in [0.1, 0.15) is 6.04 Å². The van der Waals surface area contributed by atoms with E-state index in [0.29, 0.717) is 26.2 Å². The van der Waals surface area contributed by atoms with Crippen molar-refractivity contribution in [1.82, 2.24) is 10.2 Å². The smallest absolute Gasteiger partial charge is 0.258 e. The molecule has 1 aromatic carbocycles. The lowest BCUT2D eigenvalue weighted by Crippen LogP contribution is -2.46. The van der Waals surface area contributed by atoms with Gasteiger partial charge in [0, 0.05) is 31.7 Å². The number of hydrogen-bond donors (Lipinski definition) is 2. The van der Waals surface area contributed by atoms with Crippen molar-refractivity contribution in [3.63, 3.8) is 0 Å². The first-order valence-corrected chi connectivity index (χ1v) is 5.81. The van der Waals surface area contributed by atoms with Gasteiger partial charge in [0.25, 0.3) is 6.43 Å². The van der Waals surface area contributed by atoms with E-state index in [-0.39, 0.29) is 5.56 Å². The van der Waals surface area contributed by atoms with Crippen LogP contribution in [0.3, 0.4) is 0 Å². The lowest BCUT2D eigenvalue weighted by atomic mass is 10.0. The number of phenolic OH excluding ortho intramolecular Hbond substituents is 1. The number of phenols is 1. The molecule has 0 amide bonds. The zero-order chi connectivity index (χ0) is 13.1. The SMILES string of the molecule is Oc1c(F)cccc1[C@@H](C(F)F)N1CCNCC1. The van der Waals surface area contributed by atoms with E-state index in [9.17, 15) is 18.3 Å². The van der Waals surface area contributed by atoms with Crippen molar-refractivity contribution in [2.75, 3.05) is 26.2 Å². The number of aromatic hydroxyl groups is 1. The first-order valence-electron chi connectivity index (χ1n) is 5.81. The standard InChI is InChI=1S/C12H15F3N2O/c13-9-3-1-2-8(11(9)18)10(12(14)15)17-6-4-16-5-7-17/h1-3,10,12,16,18H,4-7H2/t10-/m0/s1. The first kappa shape index (κ1) is 13.2. The maximum atomic E-state index is 13.2. The molecule has 18 heavy (non-hydrogen) atoms. The number of nitrogens with zero attached hydrogens (tertiary/aromatic N) is 1. The highest BCUT2D eigenvalue weighted by atomic mass is 19.3. The number of para-hydroxylation sites is 1. The van der Waals surface area contributed by atoms with Crippen molar-refractivity contribution in [3.05, 3.63) is 29.6 Å². The van der Waals surface area contributed by atoms with Crippen LogP contribution in [0, 0.1) is 5.82 Å². The van der Waals surface area contributed by atoms with Crippen molar-refractivity contribution in [1.29, 1.82) is 0 Å². The Morgan fingerprint density at radius 1 is 1.22 bits per heavy atom. The highest BCUT2D eigenvalue weighted by Gasteiger charge is 2.32. The molecule has 100 valence electrons. The van der Waals surface area contributed by atoms with Crippen molar-refractivity contribution >= 4 is 0 Å². The molecule has 1 saturated heterocycles. The molecule has 0 aromatic heterocycles.